The lowest BCUT2D eigenvalue weighted by Gasteiger charge is -2.15. The van der Waals surface area contributed by atoms with Crippen LogP contribution in [0.15, 0.2) is 10.7 Å². The Morgan fingerprint density at radius 1 is 1.33 bits per heavy atom. The first-order valence-corrected chi connectivity index (χ1v) is 4.33. The Balaban J connectivity index is 3.53. The highest BCUT2D eigenvalue weighted by Gasteiger charge is 2.39. The number of aromatic nitrogens is 1. The van der Waals surface area contributed by atoms with Crippen molar-refractivity contribution in [3.63, 3.8) is 0 Å². The summed E-state index contributed by atoms with van der Waals surface area (Å²) in [5.74, 6) is -0.819. The van der Waals surface area contributed by atoms with E-state index in [4.69, 9.17) is 5.73 Å². The number of nitrogen functional groups attached to an aromatic ring is 1. The SMILES string of the molecule is Nc1ncc(Br)c(C(F)(F)F)c1C(F)F. The van der Waals surface area contributed by atoms with Gasteiger partial charge in [-0.05, 0) is 15.9 Å². The molecule has 0 radical (unpaired) electrons. The molecular weight excluding hydrogens is 287 g/mol. The van der Waals surface area contributed by atoms with Crippen LogP contribution in [0.25, 0.3) is 0 Å². The molecule has 0 atom stereocenters. The van der Waals surface area contributed by atoms with Crippen LogP contribution in [0.2, 0.25) is 0 Å². The Morgan fingerprint density at radius 2 is 1.87 bits per heavy atom. The highest BCUT2D eigenvalue weighted by Crippen LogP contribution is 2.42. The maximum absolute atomic E-state index is 12.4. The summed E-state index contributed by atoms with van der Waals surface area (Å²) < 4.78 is 61.4. The van der Waals surface area contributed by atoms with Gasteiger partial charge in [0, 0.05) is 10.7 Å². The molecule has 8 heteroatoms. The first kappa shape index (κ1) is 12.2. The van der Waals surface area contributed by atoms with Crippen molar-refractivity contribution < 1.29 is 22.0 Å². The summed E-state index contributed by atoms with van der Waals surface area (Å²) in [6, 6.07) is 0. The Hall–Kier alpha value is -0.920. The van der Waals surface area contributed by atoms with E-state index >= 15 is 0 Å². The van der Waals surface area contributed by atoms with Crippen LogP contribution >= 0.6 is 15.9 Å². The van der Waals surface area contributed by atoms with E-state index in [2.05, 4.69) is 20.9 Å². The standard InChI is InChI=1S/C7H4BrF5N2/c8-2-1-15-6(14)3(5(9)10)4(2)7(11,12)13/h1,5H,(H2,14,15). The second kappa shape index (κ2) is 3.92. The molecule has 0 saturated heterocycles. The Morgan fingerprint density at radius 3 is 2.20 bits per heavy atom. The third kappa shape index (κ3) is 2.36. The van der Waals surface area contributed by atoms with E-state index in [0.717, 1.165) is 6.20 Å². The number of anilines is 1. The minimum atomic E-state index is -4.90. The highest BCUT2D eigenvalue weighted by molar-refractivity contribution is 9.10. The van der Waals surface area contributed by atoms with E-state index in [0.29, 0.717) is 0 Å². The molecule has 0 aromatic carbocycles. The van der Waals surface area contributed by atoms with Gasteiger partial charge in [0.05, 0.1) is 11.1 Å². The van der Waals surface area contributed by atoms with Crippen molar-refractivity contribution in [1.29, 1.82) is 0 Å². The monoisotopic (exact) mass is 290 g/mol. The molecule has 2 nitrogen and oxygen atoms in total. The predicted molar refractivity (Wildman–Crippen MR) is 46.3 cm³/mol. The van der Waals surface area contributed by atoms with Crippen LogP contribution in [-0.4, -0.2) is 4.98 Å². The summed E-state index contributed by atoms with van der Waals surface area (Å²) in [4.78, 5) is 3.22. The number of hydrogen-bond donors (Lipinski definition) is 1. The lowest BCUT2D eigenvalue weighted by Crippen LogP contribution is -2.14. The predicted octanol–water partition coefficient (Wildman–Crippen LogP) is 3.38. The topological polar surface area (TPSA) is 38.9 Å². The zero-order chi connectivity index (χ0) is 11.8. The third-order valence-electron chi connectivity index (χ3n) is 1.60. The molecule has 2 N–H and O–H groups in total. The Bertz CT molecular complexity index is 376. The van der Waals surface area contributed by atoms with Gasteiger partial charge in [0.15, 0.2) is 0 Å². The quantitative estimate of drug-likeness (QED) is 0.805. The Kier molecular flexibility index (Phi) is 3.17. The van der Waals surface area contributed by atoms with Crippen LogP contribution in [-0.2, 0) is 6.18 Å². The van der Waals surface area contributed by atoms with Crippen molar-refractivity contribution in [3.05, 3.63) is 21.8 Å². The van der Waals surface area contributed by atoms with E-state index < -0.39 is 34.0 Å². The smallest absolute Gasteiger partial charge is 0.383 e. The van der Waals surface area contributed by atoms with Crippen molar-refractivity contribution in [1.82, 2.24) is 4.98 Å². The second-order valence-corrected chi connectivity index (χ2v) is 3.43. The molecule has 0 spiro atoms. The molecule has 1 rings (SSSR count). The maximum Gasteiger partial charge on any atom is 0.418 e. The summed E-state index contributed by atoms with van der Waals surface area (Å²) in [6.45, 7) is 0. The van der Waals surface area contributed by atoms with Gasteiger partial charge in [0.2, 0.25) is 0 Å². The number of hydrogen-bond acceptors (Lipinski definition) is 2. The average Bonchev–Trinajstić information content (AvgIpc) is 2.05. The molecular formula is C7H4BrF5N2. The lowest BCUT2D eigenvalue weighted by atomic mass is 10.1. The molecule has 0 aliphatic carbocycles. The van der Waals surface area contributed by atoms with Crippen LogP contribution in [0.4, 0.5) is 27.8 Å². The fourth-order valence-corrected chi connectivity index (χ4v) is 1.57. The van der Waals surface area contributed by atoms with Gasteiger partial charge in [0.1, 0.15) is 5.82 Å². The number of halogens is 6. The summed E-state index contributed by atoms with van der Waals surface area (Å²) >= 11 is 2.51. The van der Waals surface area contributed by atoms with Crippen LogP contribution < -0.4 is 5.73 Å². The molecule has 84 valence electrons. The van der Waals surface area contributed by atoms with Crippen molar-refractivity contribution >= 4 is 21.7 Å². The molecule has 0 amide bonds. The summed E-state index contributed by atoms with van der Waals surface area (Å²) in [5, 5.41) is 0. The van der Waals surface area contributed by atoms with Gasteiger partial charge in [-0.1, -0.05) is 0 Å². The minimum absolute atomic E-state index is 0.556. The Labute approximate surface area is 89.4 Å². The summed E-state index contributed by atoms with van der Waals surface area (Å²) in [6.07, 6.45) is -7.49. The van der Waals surface area contributed by atoms with Crippen LogP contribution in [0.5, 0.6) is 0 Å². The molecule has 1 aromatic rings. The number of rotatable bonds is 1. The maximum atomic E-state index is 12.4. The van der Waals surface area contributed by atoms with Gasteiger partial charge in [-0.15, -0.1) is 0 Å². The number of alkyl halides is 5. The summed E-state index contributed by atoms with van der Waals surface area (Å²) in [7, 11) is 0. The highest BCUT2D eigenvalue weighted by atomic mass is 79.9. The van der Waals surface area contributed by atoms with Crippen molar-refractivity contribution in [3.8, 4) is 0 Å². The van der Waals surface area contributed by atoms with E-state index in [1.165, 1.54) is 0 Å². The fourth-order valence-electron chi connectivity index (χ4n) is 1.03. The largest absolute Gasteiger partial charge is 0.418 e. The molecule has 1 heterocycles. The molecule has 0 aliphatic heterocycles. The van der Waals surface area contributed by atoms with Gasteiger partial charge >= 0.3 is 6.18 Å². The number of nitrogens with zero attached hydrogens (tertiary/aromatic N) is 1. The normalized spacial score (nSPS) is 12.2. The van der Waals surface area contributed by atoms with Gasteiger partial charge < -0.3 is 5.73 Å². The van der Waals surface area contributed by atoms with E-state index in [1.807, 2.05) is 0 Å². The zero-order valence-corrected chi connectivity index (χ0v) is 8.53. The fraction of sp³-hybridized carbons (Fsp3) is 0.286. The van der Waals surface area contributed by atoms with Crippen LogP contribution in [0.1, 0.15) is 17.6 Å². The number of nitrogens with two attached hydrogens (primary N) is 1. The van der Waals surface area contributed by atoms with Crippen LogP contribution in [0, 0.1) is 0 Å². The first-order valence-electron chi connectivity index (χ1n) is 3.54. The van der Waals surface area contributed by atoms with Crippen molar-refractivity contribution in [2.75, 3.05) is 5.73 Å². The molecule has 1 aromatic heterocycles. The average molecular weight is 291 g/mol. The molecule has 0 aliphatic rings. The summed E-state index contributed by atoms with van der Waals surface area (Å²) in [5.41, 5.74) is 2.20. The third-order valence-corrected chi connectivity index (χ3v) is 2.20. The molecule has 0 fully saturated rings. The number of pyridine rings is 1. The molecule has 15 heavy (non-hydrogen) atoms. The minimum Gasteiger partial charge on any atom is -0.383 e. The van der Waals surface area contributed by atoms with Crippen molar-refractivity contribution in [2.45, 2.75) is 12.6 Å². The van der Waals surface area contributed by atoms with Gasteiger partial charge in [-0.2, -0.15) is 13.2 Å². The van der Waals surface area contributed by atoms with E-state index in [-0.39, 0.29) is 0 Å². The first-order chi connectivity index (χ1) is 6.75. The van der Waals surface area contributed by atoms with Gasteiger partial charge in [0.25, 0.3) is 6.43 Å². The molecule has 0 saturated carbocycles. The molecule has 0 unspecified atom stereocenters. The van der Waals surface area contributed by atoms with E-state index in [9.17, 15) is 22.0 Å². The van der Waals surface area contributed by atoms with E-state index in [1.54, 1.807) is 0 Å². The second-order valence-electron chi connectivity index (χ2n) is 2.58. The van der Waals surface area contributed by atoms with Crippen molar-refractivity contribution in [2.24, 2.45) is 0 Å². The van der Waals surface area contributed by atoms with Crippen LogP contribution in [0.3, 0.4) is 0 Å². The lowest BCUT2D eigenvalue weighted by molar-refractivity contribution is -0.140. The van der Waals surface area contributed by atoms with Gasteiger partial charge in [-0.3, -0.25) is 0 Å². The zero-order valence-electron chi connectivity index (χ0n) is 6.95. The van der Waals surface area contributed by atoms with Gasteiger partial charge in [-0.25, -0.2) is 13.8 Å². The molecule has 0 bridgehead atoms.